The van der Waals surface area contributed by atoms with E-state index in [9.17, 15) is 9.18 Å². The Bertz CT molecular complexity index is 631. The van der Waals surface area contributed by atoms with Crippen LogP contribution in [0.15, 0.2) is 12.1 Å². The summed E-state index contributed by atoms with van der Waals surface area (Å²) in [5, 5.41) is 2.64. The number of amides is 1. The van der Waals surface area contributed by atoms with E-state index in [1.165, 1.54) is 12.1 Å². The fraction of sp³-hybridized carbons (Fsp3) is 0.533. The second-order valence-electron chi connectivity index (χ2n) is 6.71. The van der Waals surface area contributed by atoms with E-state index in [-0.39, 0.29) is 5.91 Å². The molecule has 5 nitrogen and oxygen atoms in total. The Labute approximate surface area is 129 Å². The first-order chi connectivity index (χ1) is 10.1. The Morgan fingerprint density at radius 1 is 1.18 bits per heavy atom. The molecule has 0 unspecified atom stereocenters. The molecule has 0 spiro atoms. The van der Waals surface area contributed by atoms with Gasteiger partial charge in [0.1, 0.15) is 11.6 Å². The van der Waals surface area contributed by atoms with E-state index in [2.05, 4.69) is 5.32 Å². The second kappa shape index (κ2) is 4.70. The Hall–Kier alpha value is -1.60. The summed E-state index contributed by atoms with van der Waals surface area (Å²) in [7, 11) is -0.753. The Kier molecular flexibility index (Phi) is 3.27. The zero-order valence-electron chi connectivity index (χ0n) is 13.3. The first kappa shape index (κ1) is 15.3. The van der Waals surface area contributed by atoms with Crippen LogP contribution in [0.4, 0.5) is 10.1 Å². The van der Waals surface area contributed by atoms with E-state index < -0.39 is 30.2 Å². The quantitative estimate of drug-likeness (QED) is 0.805. The van der Waals surface area contributed by atoms with Crippen molar-refractivity contribution in [3.05, 3.63) is 17.9 Å². The molecule has 1 fully saturated rings. The van der Waals surface area contributed by atoms with Crippen LogP contribution < -0.4 is 15.5 Å². The SMILES string of the molecule is C[C@H]1Oc2c(cc(F)cc2B2OC(C)(C)C(C)(C)O2)NC1=O. The minimum atomic E-state index is -0.753. The lowest BCUT2D eigenvalue weighted by Crippen LogP contribution is -2.42. The molecule has 0 bridgehead atoms. The number of hydrogen-bond donors (Lipinski definition) is 1. The van der Waals surface area contributed by atoms with E-state index in [4.69, 9.17) is 14.0 Å². The summed E-state index contributed by atoms with van der Waals surface area (Å²) in [6.07, 6.45) is -0.654. The fourth-order valence-corrected chi connectivity index (χ4v) is 2.45. The summed E-state index contributed by atoms with van der Waals surface area (Å²) in [4.78, 5) is 11.7. The van der Waals surface area contributed by atoms with Crippen molar-refractivity contribution in [3.8, 4) is 5.75 Å². The van der Waals surface area contributed by atoms with Gasteiger partial charge in [0.2, 0.25) is 0 Å². The molecule has 1 saturated heterocycles. The lowest BCUT2D eigenvalue weighted by atomic mass is 9.77. The highest BCUT2D eigenvalue weighted by atomic mass is 19.1. The van der Waals surface area contributed by atoms with Crippen LogP contribution in [0, 0.1) is 5.82 Å². The number of ether oxygens (including phenoxy) is 1. The molecule has 1 aromatic rings. The van der Waals surface area contributed by atoms with Crippen LogP contribution in [-0.2, 0) is 14.1 Å². The number of rotatable bonds is 1. The average Bonchev–Trinajstić information content (AvgIpc) is 2.59. The highest BCUT2D eigenvalue weighted by Crippen LogP contribution is 2.38. The highest BCUT2D eigenvalue weighted by molar-refractivity contribution is 6.63. The molecule has 2 aliphatic heterocycles. The monoisotopic (exact) mass is 307 g/mol. The van der Waals surface area contributed by atoms with Gasteiger partial charge in [-0.2, -0.15) is 0 Å². The first-order valence-electron chi connectivity index (χ1n) is 7.27. The molecule has 0 radical (unpaired) electrons. The number of anilines is 1. The average molecular weight is 307 g/mol. The molecule has 7 heteroatoms. The third-order valence-corrected chi connectivity index (χ3v) is 4.51. The number of fused-ring (bicyclic) bond motifs is 1. The molecule has 22 heavy (non-hydrogen) atoms. The predicted molar refractivity (Wildman–Crippen MR) is 80.8 cm³/mol. The molecule has 2 aliphatic rings. The van der Waals surface area contributed by atoms with Gasteiger partial charge in [0, 0.05) is 11.5 Å². The largest absolute Gasteiger partial charge is 0.498 e. The van der Waals surface area contributed by atoms with Gasteiger partial charge in [-0.05, 0) is 40.7 Å². The Morgan fingerprint density at radius 3 is 2.36 bits per heavy atom. The smallest absolute Gasteiger partial charge is 0.479 e. The summed E-state index contributed by atoms with van der Waals surface area (Å²) in [5.74, 6) is -0.396. The number of carbonyl (C=O) groups is 1. The summed E-state index contributed by atoms with van der Waals surface area (Å²) in [6.45, 7) is 9.32. The van der Waals surface area contributed by atoms with Crippen LogP contribution >= 0.6 is 0 Å². The zero-order valence-corrected chi connectivity index (χ0v) is 13.3. The molecule has 118 valence electrons. The lowest BCUT2D eigenvalue weighted by Gasteiger charge is -2.32. The van der Waals surface area contributed by atoms with E-state index in [1.54, 1.807) is 6.92 Å². The third kappa shape index (κ3) is 2.28. The topological polar surface area (TPSA) is 56.8 Å². The molecular weight excluding hydrogens is 288 g/mol. The second-order valence-corrected chi connectivity index (χ2v) is 6.71. The predicted octanol–water partition coefficient (Wildman–Crippen LogP) is 1.84. The molecule has 1 aromatic carbocycles. The maximum absolute atomic E-state index is 13.9. The van der Waals surface area contributed by atoms with Gasteiger partial charge in [0.25, 0.3) is 5.91 Å². The molecule has 0 aromatic heterocycles. The van der Waals surface area contributed by atoms with Gasteiger partial charge < -0.3 is 19.4 Å². The molecule has 0 saturated carbocycles. The van der Waals surface area contributed by atoms with Crippen molar-refractivity contribution >= 4 is 24.2 Å². The fourth-order valence-electron chi connectivity index (χ4n) is 2.45. The molecule has 2 heterocycles. The number of carbonyl (C=O) groups excluding carboxylic acids is 1. The van der Waals surface area contributed by atoms with Crippen molar-refractivity contribution in [2.75, 3.05) is 5.32 Å². The van der Waals surface area contributed by atoms with Crippen LogP contribution in [0.25, 0.3) is 0 Å². The molecular formula is C15H19BFNO4. The van der Waals surface area contributed by atoms with Crippen LogP contribution in [-0.4, -0.2) is 30.3 Å². The third-order valence-electron chi connectivity index (χ3n) is 4.51. The number of hydrogen-bond acceptors (Lipinski definition) is 4. The minimum Gasteiger partial charge on any atom is -0.479 e. The summed E-state index contributed by atoms with van der Waals surface area (Å²) in [6, 6.07) is 2.55. The van der Waals surface area contributed by atoms with Gasteiger partial charge in [-0.3, -0.25) is 4.79 Å². The van der Waals surface area contributed by atoms with Crippen LogP contribution in [0.1, 0.15) is 34.6 Å². The summed E-state index contributed by atoms with van der Waals surface area (Å²) in [5.41, 5.74) is -0.339. The van der Waals surface area contributed by atoms with Crippen molar-refractivity contribution in [2.24, 2.45) is 0 Å². The van der Waals surface area contributed by atoms with Crippen LogP contribution in [0.5, 0.6) is 5.75 Å². The standard InChI is InChI=1S/C15H19BFNO4/c1-8-13(19)18-11-7-9(17)6-10(12(11)20-8)16-21-14(2,3)15(4,5)22-16/h6-8H,1-5H3,(H,18,19)/t8-/m1/s1. The molecule has 0 aliphatic carbocycles. The zero-order chi connectivity index (χ0) is 16.3. The van der Waals surface area contributed by atoms with Gasteiger partial charge in [0.15, 0.2) is 6.10 Å². The van der Waals surface area contributed by atoms with Crippen molar-refractivity contribution in [3.63, 3.8) is 0 Å². The first-order valence-corrected chi connectivity index (χ1v) is 7.27. The molecule has 3 rings (SSSR count). The van der Waals surface area contributed by atoms with Crippen LogP contribution in [0.2, 0.25) is 0 Å². The lowest BCUT2D eigenvalue weighted by molar-refractivity contribution is -0.122. The number of nitrogens with one attached hydrogen (secondary N) is 1. The van der Waals surface area contributed by atoms with E-state index in [1.807, 2.05) is 27.7 Å². The summed E-state index contributed by atoms with van der Waals surface area (Å²) >= 11 is 0. The normalized spacial score (nSPS) is 25.5. The maximum atomic E-state index is 13.9. The van der Waals surface area contributed by atoms with Gasteiger partial charge in [-0.25, -0.2) is 4.39 Å². The number of benzene rings is 1. The van der Waals surface area contributed by atoms with Crippen molar-refractivity contribution in [1.82, 2.24) is 0 Å². The van der Waals surface area contributed by atoms with Gasteiger partial charge >= 0.3 is 7.12 Å². The maximum Gasteiger partial charge on any atom is 0.498 e. The Morgan fingerprint density at radius 2 is 1.77 bits per heavy atom. The summed E-state index contributed by atoms with van der Waals surface area (Å²) < 4.78 is 31.4. The highest BCUT2D eigenvalue weighted by Gasteiger charge is 2.53. The van der Waals surface area contributed by atoms with Gasteiger partial charge in [0.05, 0.1) is 16.9 Å². The van der Waals surface area contributed by atoms with Gasteiger partial charge in [-0.15, -0.1) is 0 Å². The van der Waals surface area contributed by atoms with Crippen LogP contribution in [0.3, 0.4) is 0 Å². The number of halogens is 1. The van der Waals surface area contributed by atoms with Crippen molar-refractivity contribution in [2.45, 2.75) is 51.9 Å². The minimum absolute atomic E-state index is 0.299. The van der Waals surface area contributed by atoms with Gasteiger partial charge in [-0.1, -0.05) is 0 Å². The van der Waals surface area contributed by atoms with E-state index in [0.29, 0.717) is 16.9 Å². The molecule has 1 amide bonds. The molecule has 1 N–H and O–H groups in total. The van der Waals surface area contributed by atoms with E-state index in [0.717, 1.165) is 0 Å². The van der Waals surface area contributed by atoms with Crippen molar-refractivity contribution in [1.29, 1.82) is 0 Å². The Balaban J connectivity index is 2.04. The molecule has 1 atom stereocenters. The van der Waals surface area contributed by atoms with E-state index >= 15 is 0 Å². The van der Waals surface area contributed by atoms with Crippen molar-refractivity contribution < 1.29 is 23.2 Å².